The van der Waals surface area contributed by atoms with E-state index in [-0.39, 0.29) is 12.3 Å². The van der Waals surface area contributed by atoms with Crippen molar-refractivity contribution in [2.24, 2.45) is 5.92 Å². The SMILES string of the molecule is CC1(C)OC(=O)C([C@H](c2cc(Br)c(OCc3ccc([N+](=O)[O-])cc3)c(Br)c2)c2c[nH]c3ccccc23)C(=O)O1. The molecule has 0 spiro atoms. The number of ether oxygens (including phenoxy) is 3. The summed E-state index contributed by atoms with van der Waals surface area (Å²) < 4.78 is 18.1. The van der Waals surface area contributed by atoms with E-state index in [1.165, 1.54) is 26.0 Å². The first-order chi connectivity index (χ1) is 18.5. The lowest BCUT2D eigenvalue weighted by Gasteiger charge is -2.36. The van der Waals surface area contributed by atoms with Crippen molar-refractivity contribution in [1.82, 2.24) is 4.98 Å². The summed E-state index contributed by atoms with van der Waals surface area (Å²) in [5.74, 6) is -4.16. The molecule has 0 radical (unpaired) electrons. The number of benzene rings is 3. The molecule has 1 aliphatic heterocycles. The van der Waals surface area contributed by atoms with Gasteiger partial charge in [0.1, 0.15) is 12.4 Å². The molecular weight excluding hydrogens is 636 g/mol. The Balaban J connectivity index is 1.52. The lowest BCUT2D eigenvalue weighted by Crippen LogP contribution is -2.48. The Kier molecular flexibility index (Phi) is 7.21. The Morgan fingerprint density at radius 2 is 1.64 bits per heavy atom. The van der Waals surface area contributed by atoms with Gasteiger partial charge in [0.2, 0.25) is 0 Å². The molecule has 0 aliphatic carbocycles. The number of cyclic esters (lactones) is 2. The average molecular weight is 658 g/mol. The van der Waals surface area contributed by atoms with Gasteiger partial charge in [0.25, 0.3) is 11.5 Å². The smallest absolute Gasteiger partial charge is 0.324 e. The Morgan fingerprint density at radius 3 is 2.26 bits per heavy atom. The second-order valence-corrected chi connectivity index (χ2v) is 11.2. The van der Waals surface area contributed by atoms with Crippen molar-refractivity contribution in [3.05, 3.63) is 103 Å². The predicted octanol–water partition coefficient (Wildman–Crippen LogP) is 6.76. The normalized spacial score (nSPS) is 16.0. The lowest BCUT2D eigenvalue weighted by molar-refractivity contribution is -0.384. The molecule has 0 amide bonds. The molecule has 0 unspecified atom stereocenters. The van der Waals surface area contributed by atoms with Crippen LogP contribution in [0.25, 0.3) is 10.9 Å². The quantitative estimate of drug-likeness (QED) is 0.101. The van der Waals surface area contributed by atoms with Crippen LogP contribution in [0.15, 0.2) is 75.8 Å². The molecule has 1 N–H and O–H groups in total. The number of hydrogen-bond acceptors (Lipinski definition) is 7. The fourth-order valence-corrected chi connectivity index (χ4v) is 6.12. The van der Waals surface area contributed by atoms with E-state index in [4.69, 9.17) is 14.2 Å². The number of halogens is 2. The molecule has 39 heavy (non-hydrogen) atoms. The van der Waals surface area contributed by atoms with Gasteiger partial charge < -0.3 is 19.2 Å². The maximum absolute atomic E-state index is 13.2. The third kappa shape index (κ3) is 5.41. The topological polar surface area (TPSA) is 121 Å². The highest BCUT2D eigenvalue weighted by atomic mass is 79.9. The fraction of sp³-hybridized carbons (Fsp3) is 0.214. The maximum Gasteiger partial charge on any atom is 0.324 e. The van der Waals surface area contributed by atoms with Crippen LogP contribution in [0.2, 0.25) is 0 Å². The van der Waals surface area contributed by atoms with E-state index in [0.717, 1.165) is 22.0 Å². The number of esters is 2. The first kappa shape index (κ1) is 26.9. The van der Waals surface area contributed by atoms with Crippen LogP contribution in [-0.2, 0) is 25.7 Å². The first-order valence-corrected chi connectivity index (χ1v) is 13.5. The largest absolute Gasteiger partial charge is 0.487 e. The molecule has 5 rings (SSSR count). The lowest BCUT2D eigenvalue weighted by atomic mass is 9.80. The molecule has 0 saturated carbocycles. The summed E-state index contributed by atoms with van der Waals surface area (Å²) in [6.07, 6.45) is 1.79. The van der Waals surface area contributed by atoms with Gasteiger partial charge in [-0.25, -0.2) is 0 Å². The van der Waals surface area contributed by atoms with Crippen LogP contribution in [-0.4, -0.2) is 27.6 Å². The average Bonchev–Trinajstić information content (AvgIpc) is 3.29. The number of para-hydroxylation sites is 1. The molecule has 0 bridgehead atoms. The van der Waals surface area contributed by atoms with Crippen LogP contribution in [0.3, 0.4) is 0 Å². The summed E-state index contributed by atoms with van der Waals surface area (Å²) in [6.45, 7) is 3.20. The number of nitro benzene ring substituents is 1. The zero-order chi connectivity index (χ0) is 27.9. The Labute approximate surface area is 239 Å². The van der Waals surface area contributed by atoms with Crippen molar-refractivity contribution in [1.29, 1.82) is 0 Å². The van der Waals surface area contributed by atoms with Gasteiger partial charge in [0.15, 0.2) is 5.92 Å². The van der Waals surface area contributed by atoms with Crippen LogP contribution in [0, 0.1) is 16.0 Å². The van der Waals surface area contributed by atoms with Gasteiger partial charge in [0.05, 0.1) is 13.9 Å². The number of aromatic nitrogens is 1. The molecule has 1 aromatic heterocycles. The monoisotopic (exact) mass is 656 g/mol. The van der Waals surface area contributed by atoms with Crippen molar-refractivity contribution < 1.29 is 28.7 Å². The highest BCUT2D eigenvalue weighted by Gasteiger charge is 2.48. The van der Waals surface area contributed by atoms with Crippen LogP contribution >= 0.6 is 31.9 Å². The van der Waals surface area contributed by atoms with E-state index in [1.54, 1.807) is 30.5 Å². The number of aromatic amines is 1. The minimum absolute atomic E-state index is 0.00283. The van der Waals surface area contributed by atoms with Crippen molar-refractivity contribution in [3.63, 3.8) is 0 Å². The maximum atomic E-state index is 13.2. The van der Waals surface area contributed by atoms with Gasteiger partial charge in [0, 0.05) is 49.0 Å². The van der Waals surface area contributed by atoms with Crippen LogP contribution in [0.4, 0.5) is 5.69 Å². The summed E-state index contributed by atoms with van der Waals surface area (Å²) >= 11 is 7.14. The minimum Gasteiger partial charge on any atom is -0.487 e. The van der Waals surface area contributed by atoms with E-state index in [2.05, 4.69) is 36.8 Å². The second kappa shape index (κ2) is 10.5. The third-order valence-electron chi connectivity index (χ3n) is 6.40. The fourth-order valence-electron chi connectivity index (χ4n) is 4.67. The van der Waals surface area contributed by atoms with E-state index in [9.17, 15) is 19.7 Å². The molecule has 11 heteroatoms. The summed E-state index contributed by atoms with van der Waals surface area (Å²) in [7, 11) is 0. The molecule has 9 nitrogen and oxygen atoms in total. The van der Waals surface area contributed by atoms with E-state index in [1.807, 2.05) is 24.3 Å². The predicted molar refractivity (Wildman–Crippen MR) is 149 cm³/mol. The summed E-state index contributed by atoms with van der Waals surface area (Å²) in [6, 6.07) is 17.3. The highest BCUT2D eigenvalue weighted by molar-refractivity contribution is 9.11. The van der Waals surface area contributed by atoms with Crippen molar-refractivity contribution >= 4 is 60.4 Å². The van der Waals surface area contributed by atoms with Crippen LogP contribution < -0.4 is 4.74 Å². The Morgan fingerprint density at radius 1 is 1.03 bits per heavy atom. The minimum atomic E-state index is -1.35. The molecule has 1 aliphatic rings. The Hall–Kier alpha value is -3.70. The van der Waals surface area contributed by atoms with E-state index >= 15 is 0 Å². The van der Waals surface area contributed by atoms with Crippen molar-refractivity contribution in [2.45, 2.75) is 32.2 Å². The van der Waals surface area contributed by atoms with Gasteiger partial charge in [-0.15, -0.1) is 0 Å². The van der Waals surface area contributed by atoms with Crippen LogP contribution in [0.5, 0.6) is 5.75 Å². The molecule has 4 aromatic rings. The number of nitrogens with zero attached hydrogens (tertiary/aromatic N) is 1. The third-order valence-corrected chi connectivity index (χ3v) is 7.58. The van der Waals surface area contributed by atoms with Gasteiger partial charge in [-0.3, -0.25) is 19.7 Å². The number of nitro groups is 1. The molecule has 1 atom stereocenters. The van der Waals surface area contributed by atoms with E-state index in [0.29, 0.717) is 20.3 Å². The highest BCUT2D eigenvalue weighted by Crippen LogP contribution is 2.45. The summed E-state index contributed by atoms with van der Waals surface area (Å²) in [5.41, 5.74) is 2.99. The zero-order valence-corrected chi connectivity index (χ0v) is 23.9. The number of fused-ring (bicyclic) bond motifs is 1. The van der Waals surface area contributed by atoms with Gasteiger partial charge >= 0.3 is 11.9 Å². The number of H-pyrrole nitrogens is 1. The van der Waals surface area contributed by atoms with Gasteiger partial charge in [-0.2, -0.15) is 0 Å². The van der Waals surface area contributed by atoms with Gasteiger partial charge in [-0.05, 0) is 78.9 Å². The summed E-state index contributed by atoms with van der Waals surface area (Å²) in [4.78, 5) is 40.1. The Bertz CT molecular complexity index is 1550. The van der Waals surface area contributed by atoms with Gasteiger partial charge in [-0.1, -0.05) is 18.2 Å². The molecule has 2 heterocycles. The second-order valence-electron chi connectivity index (χ2n) is 9.51. The standard InChI is InChI=1S/C28H22Br2N2O7/c1-28(2)38-26(33)24(27(34)39-28)23(19-13-31-22-6-4-3-5-18(19)22)16-11-20(29)25(21(30)12-16)37-14-15-7-9-17(10-8-15)32(35)36/h3-13,23-24,31H,14H2,1-2H3/t23-/m1/s1. The number of non-ortho nitro benzene ring substituents is 1. The molecule has 3 aromatic carbocycles. The van der Waals surface area contributed by atoms with Crippen molar-refractivity contribution in [3.8, 4) is 5.75 Å². The molecule has 200 valence electrons. The molecule has 1 saturated heterocycles. The number of rotatable bonds is 7. The van der Waals surface area contributed by atoms with Crippen molar-refractivity contribution in [2.75, 3.05) is 0 Å². The number of carbonyl (C=O) groups is 2. The first-order valence-electron chi connectivity index (χ1n) is 11.9. The molecule has 1 fully saturated rings. The zero-order valence-electron chi connectivity index (χ0n) is 20.8. The molecular formula is C28H22Br2N2O7. The van der Waals surface area contributed by atoms with Crippen LogP contribution in [0.1, 0.15) is 36.5 Å². The number of nitrogens with one attached hydrogen (secondary N) is 1. The van der Waals surface area contributed by atoms with E-state index < -0.39 is 34.5 Å². The number of hydrogen-bond donors (Lipinski definition) is 1. The summed E-state index contributed by atoms with van der Waals surface area (Å²) in [5, 5.41) is 11.8. The number of carbonyl (C=O) groups excluding carboxylic acids is 2.